The van der Waals surface area contributed by atoms with Crippen LogP contribution < -0.4 is 9.47 Å². The number of hydrogen-bond donors (Lipinski definition) is 0. The molecule has 2 heteroatoms. The van der Waals surface area contributed by atoms with E-state index in [0.29, 0.717) is 0 Å². The second kappa shape index (κ2) is 9.61. The molecule has 0 fully saturated rings. The van der Waals surface area contributed by atoms with Gasteiger partial charge in [-0.2, -0.15) is 0 Å². The maximum absolute atomic E-state index is 5.85. The summed E-state index contributed by atoms with van der Waals surface area (Å²) in [7, 11) is 0. The molecular formula is C27H24O2. The average molecular weight is 380 g/mol. The van der Waals surface area contributed by atoms with Crippen LogP contribution in [0.4, 0.5) is 0 Å². The molecule has 0 atom stereocenters. The van der Waals surface area contributed by atoms with E-state index < -0.39 is 0 Å². The van der Waals surface area contributed by atoms with Crippen LogP contribution in [0.3, 0.4) is 0 Å². The van der Waals surface area contributed by atoms with E-state index in [2.05, 4.69) is 24.3 Å². The molecule has 0 unspecified atom stereocenters. The number of benzene rings is 4. The van der Waals surface area contributed by atoms with Crippen molar-refractivity contribution in [2.75, 3.05) is 0 Å². The topological polar surface area (TPSA) is 18.5 Å². The van der Waals surface area contributed by atoms with E-state index in [-0.39, 0.29) is 0 Å². The molecule has 29 heavy (non-hydrogen) atoms. The first-order chi connectivity index (χ1) is 14.3. The zero-order valence-corrected chi connectivity index (χ0v) is 16.3. The Kier molecular flexibility index (Phi) is 6.24. The smallest absolute Gasteiger partial charge is 0.127 e. The summed E-state index contributed by atoms with van der Waals surface area (Å²) in [4.78, 5) is 0. The van der Waals surface area contributed by atoms with Crippen molar-refractivity contribution >= 4 is 0 Å². The summed E-state index contributed by atoms with van der Waals surface area (Å²) in [6.07, 6.45) is 3.21. The summed E-state index contributed by atoms with van der Waals surface area (Å²) < 4.78 is 11.7. The minimum absolute atomic E-state index is 0.861. The molecule has 0 aliphatic rings. The van der Waals surface area contributed by atoms with Gasteiger partial charge in [0.2, 0.25) is 0 Å². The first kappa shape index (κ1) is 18.8. The molecule has 0 bridgehead atoms. The predicted molar refractivity (Wildman–Crippen MR) is 118 cm³/mol. The normalized spacial score (nSPS) is 10.5. The Morgan fingerprint density at radius 3 is 1.10 bits per heavy atom. The molecule has 0 radical (unpaired) electrons. The number of hydrogen-bond acceptors (Lipinski definition) is 2. The van der Waals surface area contributed by atoms with E-state index in [1.54, 1.807) is 0 Å². The quantitative estimate of drug-likeness (QED) is 0.316. The highest BCUT2D eigenvalue weighted by Crippen LogP contribution is 2.23. The molecule has 0 N–H and O–H groups in total. The van der Waals surface area contributed by atoms with Gasteiger partial charge in [-0.15, -0.1) is 0 Å². The molecule has 0 aromatic heterocycles. The van der Waals surface area contributed by atoms with E-state index >= 15 is 0 Å². The van der Waals surface area contributed by atoms with Gasteiger partial charge in [0.15, 0.2) is 0 Å². The van der Waals surface area contributed by atoms with Gasteiger partial charge >= 0.3 is 0 Å². The summed E-state index contributed by atoms with van der Waals surface area (Å²) in [5, 5.41) is 0. The van der Waals surface area contributed by atoms with Crippen molar-refractivity contribution in [3.05, 3.63) is 120 Å². The third-order valence-corrected chi connectivity index (χ3v) is 4.74. The van der Waals surface area contributed by atoms with Gasteiger partial charge < -0.3 is 9.47 Å². The number of rotatable bonds is 8. The molecule has 0 spiro atoms. The van der Waals surface area contributed by atoms with Crippen molar-refractivity contribution in [2.45, 2.75) is 19.3 Å². The fourth-order valence-electron chi connectivity index (χ4n) is 3.19. The zero-order chi connectivity index (χ0) is 19.7. The molecule has 0 heterocycles. The van der Waals surface area contributed by atoms with Crippen LogP contribution in [0.1, 0.15) is 17.5 Å². The lowest BCUT2D eigenvalue weighted by Gasteiger charge is -2.08. The number of ether oxygens (including phenoxy) is 2. The van der Waals surface area contributed by atoms with Crippen LogP contribution in [0.5, 0.6) is 23.0 Å². The van der Waals surface area contributed by atoms with Crippen LogP contribution in [0.15, 0.2) is 109 Å². The molecule has 0 saturated heterocycles. The van der Waals surface area contributed by atoms with Crippen LogP contribution in [0.2, 0.25) is 0 Å². The second-order valence-electron chi connectivity index (χ2n) is 6.97. The maximum atomic E-state index is 5.85. The summed E-state index contributed by atoms with van der Waals surface area (Å²) in [5.41, 5.74) is 2.66. The minimum Gasteiger partial charge on any atom is -0.457 e. The molecule has 0 aliphatic carbocycles. The van der Waals surface area contributed by atoms with E-state index in [9.17, 15) is 0 Å². The predicted octanol–water partition coefficient (Wildman–Crippen LogP) is 7.45. The van der Waals surface area contributed by atoms with Gasteiger partial charge in [-0.25, -0.2) is 0 Å². The molecule has 144 valence electrons. The first-order valence-electron chi connectivity index (χ1n) is 9.99. The van der Waals surface area contributed by atoms with E-state index in [4.69, 9.17) is 9.47 Å². The lowest BCUT2D eigenvalue weighted by atomic mass is 10.0. The molecule has 4 aromatic rings. The highest BCUT2D eigenvalue weighted by Gasteiger charge is 2.01. The van der Waals surface area contributed by atoms with Crippen molar-refractivity contribution in [1.82, 2.24) is 0 Å². The fourth-order valence-corrected chi connectivity index (χ4v) is 3.19. The van der Waals surface area contributed by atoms with Crippen LogP contribution >= 0.6 is 0 Å². The second-order valence-corrected chi connectivity index (χ2v) is 6.97. The van der Waals surface area contributed by atoms with Crippen molar-refractivity contribution < 1.29 is 9.47 Å². The Morgan fingerprint density at radius 2 is 0.724 bits per heavy atom. The molecule has 0 amide bonds. The number of para-hydroxylation sites is 2. The summed E-state index contributed by atoms with van der Waals surface area (Å²) >= 11 is 0. The SMILES string of the molecule is c1ccc(Oc2ccc(CCCc3ccc(Oc4ccccc4)cc3)cc2)cc1. The summed E-state index contributed by atoms with van der Waals surface area (Å²) in [6, 6.07) is 36.5. The van der Waals surface area contributed by atoms with Crippen molar-refractivity contribution in [3.8, 4) is 23.0 Å². The molecule has 0 aliphatic heterocycles. The van der Waals surface area contributed by atoms with Crippen LogP contribution in [0.25, 0.3) is 0 Å². The van der Waals surface area contributed by atoms with E-state index in [1.807, 2.05) is 84.9 Å². The van der Waals surface area contributed by atoms with Crippen molar-refractivity contribution in [3.63, 3.8) is 0 Å². The van der Waals surface area contributed by atoms with Gasteiger partial charge in [-0.05, 0) is 78.9 Å². The van der Waals surface area contributed by atoms with Crippen molar-refractivity contribution in [2.24, 2.45) is 0 Å². The van der Waals surface area contributed by atoms with Crippen LogP contribution in [-0.2, 0) is 12.8 Å². The molecule has 4 rings (SSSR count). The molecular weight excluding hydrogens is 356 g/mol. The third kappa shape index (κ3) is 5.73. The fraction of sp³-hybridized carbons (Fsp3) is 0.111. The minimum atomic E-state index is 0.861. The van der Waals surface area contributed by atoms with Crippen LogP contribution in [-0.4, -0.2) is 0 Å². The van der Waals surface area contributed by atoms with Gasteiger partial charge in [-0.3, -0.25) is 0 Å². The summed E-state index contributed by atoms with van der Waals surface area (Å²) in [5.74, 6) is 3.46. The van der Waals surface area contributed by atoms with Gasteiger partial charge in [0.25, 0.3) is 0 Å². The third-order valence-electron chi connectivity index (χ3n) is 4.74. The standard InChI is InChI=1S/C27H24O2/c1-3-10-24(11-4-1)28-26-18-14-22(15-19-26)8-7-9-23-16-20-27(21-17-23)29-25-12-5-2-6-13-25/h1-6,10-21H,7-9H2. The van der Waals surface area contributed by atoms with Gasteiger partial charge in [0.05, 0.1) is 0 Å². The molecule has 0 saturated carbocycles. The average Bonchev–Trinajstić information content (AvgIpc) is 2.78. The number of aryl methyl sites for hydroxylation is 2. The van der Waals surface area contributed by atoms with Crippen molar-refractivity contribution in [1.29, 1.82) is 0 Å². The van der Waals surface area contributed by atoms with Crippen LogP contribution in [0, 0.1) is 0 Å². The largest absolute Gasteiger partial charge is 0.457 e. The first-order valence-corrected chi connectivity index (χ1v) is 9.99. The summed E-state index contributed by atoms with van der Waals surface area (Å²) in [6.45, 7) is 0. The zero-order valence-electron chi connectivity index (χ0n) is 16.3. The monoisotopic (exact) mass is 380 g/mol. The molecule has 4 aromatic carbocycles. The molecule has 2 nitrogen and oxygen atoms in total. The van der Waals surface area contributed by atoms with Gasteiger partial charge in [0, 0.05) is 0 Å². The van der Waals surface area contributed by atoms with E-state index in [0.717, 1.165) is 42.3 Å². The van der Waals surface area contributed by atoms with Gasteiger partial charge in [-0.1, -0.05) is 60.7 Å². The Morgan fingerprint density at radius 1 is 0.379 bits per heavy atom. The Hall–Kier alpha value is -3.52. The Bertz CT molecular complexity index is 907. The Balaban J connectivity index is 1.24. The van der Waals surface area contributed by atoms with E-state index in [1.165, 1.54) is 11.1 Å². The lowest BCUT2D eigenvalue weighted by molar-refractivity contribution is 0.482. The maximum Gasteiger partial charge on any atom is 0.127 e. The van der Waals surface area contributed by atoms with Gasteiger partial charge in [0.1, 0.15) is 23.0 Å². The highest BCUT2D eigenvalue weighted by molar-refractivity contribution is 5.34. The lowest BCUT2D eigenvalue weighted by Crippen LogP contribution is -1.91. The highest BCUT2D eigenvalue weighted by atomic mass is 16.5. The Labute approximate surface area is 172 Å².